The van der Waals surface area contributed by atoms with Gasteiger partial charge in [-0.1, -0.05) is 48.0 Å². The summed E-state index contributed by atoms with van der Waals surface area (Å²) < 4.78 is 10.3. The number of nitrogens with two attached hydrogens (primary N) is 1. The number of carbonyl (C=O) groups is 3. The normalized spacial score (nSPS) is 15.2. The van der Waals surface area contributed by atoms with Gasteiger partial charge in [-0.3, -0.25) is 14.4 Å². The van der Waals surface area contributed by atoms with Crippen LogP contribution in [0.2, 0.25) is 0 Å². The van der Waals surface area contributed by atoms with Crippen molar-refractivity contribution in [1.82, 2.24) is 0 Å². The fourth-order valence-electron chi connectivity index (χ4n) is 1.87. The molecule has 0 aromatic rings. The van der Waals surface area contributed by atoms with Gasteiger partial charge in [0.25, 0.3) is 0 Å². The molecule has 0 aromatic heterocycles. The number of carbonyl (C=O) groups excluding carboxylic acids is 2. The molecular formula is C17H31NO6. The van der Waals surface area contributed by atoms with Gasteiger partial charge in [0, 0.05) is 5.92 Å². The van der Waals surface area contributed by atoms with Crippen LogP contribution < -0.4 is 5.73 Å². The van der Waals surface area contributed by atoms with Crippen LogP contribution >= 0.6 is 0 Å². The number of hydrogen-bond donors (Lipinski definition) is 2. The summed E-state index contributed by atoms with van der Waals surface area (Å²) in [7, 11) is 0. The summed E-state index contributed by atoms with van der Waals surface area (Å²) in [5, 5.41) is 9.29. The minimum absolute atomic E-state index is 0.275. The second kappa shape index (κ2) is 10.3. The second-order valence-electron chi connectivity index (χ2n) is 7.08. The number of rotatable bonds is 10. The van der Waals surface area contributed by atoms with E-state index in [4.69, 9.17) is 15.2 Å². The van der Waals surface area contributed by atoms with Crippen LogP contribution in [0.1, 0.15) is 54.4 Å². The van der Waals surface area contributed by atoms with Crippen molar-refractivity contribution in [2.24, 2.45) is 29.4 Å². The molecule has 0 aliphatic carbocycles. The highest BCUT2D eigenvalue weighted by Crippen LogP contribution is 2.18. The van der Waals surface area contributed by atoms with E-state index in [9.17, 15) is 19.5 Å². The Labute approximate surface area is 143 Å². The average Bonchev–Trinajstić information content (AvgIpc) is 2.45. The molecule has 0 amide bonds. The first-order valence-corrected chi connectivity index (χ1v) is 8.36. The van der Waals surface area contributed by atoms with Crippen molar-refractivity contribution in [3.05, 3.63) is 0 Å². The Morgan fingerprint density at radius 3 is 1.79 bits per heavy atom. The topological polar surface area (TPSA) is 116 Å². The van der Waals surface area contributed by atoms with E-state index in [1.165, 1.54) is 0 Å². The molecule has 3 atom stereocenters. The highest BCUT2D eigenvalue weighted by Gasteiger charge is 2.34. The van der Waals surface area contributed by atoms with Gasteiger partial charge in [-0.2, -0.15) is 0 Å². The number of carboxylic acid groups (broad SMARTS) is 1. The largest absolute Gasteiger partial charge is 0.481 e. The van der Waals surface area contributed by atoms with Crippen LogP contribution in [0.25, 0.3) is 0 Å². The molecular weight excluding hydrogens is 314 g/mol. The Morgan fingerprint density at radius 2 is 1.42 bits per heavy atom. The maximum atomic E-state index is 12.2. The molecule has 0 radical (unpaired) electrons. The van der Waals surface area contributed by atoms with Gasteiger partial charge >= 0.3 is 17.9 Å². The number of ether oxygens (including phenoxy) is 2. The molecule has 3 N–H and O–H groups in total. The highest BCUT2D eigenvalue weighted by molar-refractivity contribution is 5.83. The van der Waals surface area contributed by atoms with Crippen LogP contribution in [-0.4, -0.2) is 35.3 Å². The molecule has 2 unspecified atom stereocenters. The van der Waals surface area contributed by atoms with Gasteiger partial charge in [0.1, 0.15) is 6.04 Å². The SMILES string of the molecule is CC(C)CCC(C(=O)O)C(N)C(=O)O[C@H](OC(=O)C(C)C)C(C)C. The molecule has 0 spiro atoms. The van der Waals surface area contributed by atoms with Gasteiger partial charge in [-0.05, 0) is 12.3 Å². The molecule has 0 rings (SSSR count). The van der Waals surface area contributed by atoms with E-state index in [1.807, 2.05) is 13.8 Å². The van der Waals surface area contributed by atoms with Gasteiger partial charge in [-0.15, -0.1) is 0 Å². The van der Waals surface area contributed by atoms with Crippen molar-refractivity contribution >= 4 is 17.9 Å². The summed E-state index contributed by atoms with van der Waals surface area (Å²) in [6.45, 7) is 10.7. The van der Waals surface area contributed by atoms with Crippen LogP contribution in [0.4, 0.5) is 0 Å². The van der Waals surface area contributed by atoms with Gasteiger partial charge in [0.15, 0.2) is 0 Å². The average molecular weight is 345 g/mol. The lowest BCUT2D eigenvalue weighted by atomic mass is 9.92. The van der Waals surface area contributed by atoms with Crippen LogP contribution in [0.15, 0.2) is 0 Å². The smallest absolute Gasteiger partial charge is 0.326 e. The minimum atomic E-state index is -1.31. The summed E-state index contributed by atoms with van der Waals surface area (Å²) in [6.07, 6.45) is -0.173. The van der Waals surface area contributed by atoms with Crippen molar-refractivity contribution in [3.63, 3.8) is 0 Å². The molecule has 0 saturated heterocycles. The van der Waals surface area contributed by atoms with Gasteiger partial charge in [0.2, 0.25) is 6.29 Å². The first kappa shape index (κ1) is 22.4. The molecule has 0 aromatic carbocycles. The van der Waals surface area contributed by atoms with Gasteiger partial charge in [0.05, 0.1) is 11.8 Å². The molecule has 24 heavy (non-hydrogen) atoms. The van der Waals surface area contributed by atoms with Gasteiger partial charge in [-0.25, -0.2) is 0 Å². The van der Waals surface area contributed by atoms with Crippen LogP contribution in [0.3, 0.4) is 0 Å². The predicted molar refractivity (Wildman–Crippen MR) is 88.8 cm³/mol. The number of hydrogen-bond acceptors (Lipinski definition) is 6. The third-order valence-electron chi connectivity index (χ3n) is 3.56. The first-order valence-electron chi connectivity index (χ1n) is 8.36. The predicted octanol–water partition coefficient (Wildman–Crippen LogP) is 2.18. The summed E-state index contributed by atoms with van der Waals surface area (Å²) in [5.41, 5.74) is 5.79. The van der Waals surface area contributed by atoms with E-state index in [2.05, 4.69) is 0 Å². The Bertz CT molecular complexity index is 433. The van der Waals surface area contributed by atoms with Crippen molar-refractivity contribution in [2.75, 3.05) is 0 Å². The van der Waals surface area contributed by atoms with Crippen LogP contribution in [0.5, 0.6) is 0 Å². The number of carboxylic acids is 1. The van der Waals surface area contributed by atoms with E-state index in [0.29, 0.717) is 12.3 Å². The van der Waals surface area contributed by atoms with Crippen molar-refractivity contribution in [1.29, 1.82) is 0 Å². The molecule has 0 heterocycles. The van der Waals surface area contributed by atoms with E-state index in [0.717, 1.165) is 0 Å². The van der Waals surface area contributed by atoms with Crippen molar-refractivity contribution < 1.29 is 29.0 Å². The van der Waals surface area contributed by atoms with Crippen molar-refractivity contribution in [3.8, 4) is 0 Å². The molecule has 0 bridgehead atoms. The maximum absolute atomic E-state index is 12.2. The lowest BCUT2D eigenvalue weighted by molar-refractivity contribution is -0.200. The Kier molecular flexibility index (Phi) is 9.58. The van der Waals surface area contributed by atoms with E-state index in [-0.39, 0.29) is 18.3 Å². The number of esters is 2. The first-order chi connectivity index (χ1) is 11.0. The molecule has 7 heteroatoms. The lowest BCUT2D eigenvalue weighted by Crippen LogP contribution is -2.45. The third-order valence-corrected chi connectivity index (χ3v) is 3.56. The summed E-state index contributed by atoms with van der Waals surface area (Å²) in [6, 6.07) is -1.31. The zero-order valence-corrected chi connectivity index (χ0v) is 15.4. The monoisotopic (exact) mass is 345 g/mol. The number of aliphatic carboxylic acids is 1. The molecule has 0 saturated carbocycles. The zero-order chi connectivity index (χ0) is 19.0. The molecule has 0 aliphatic heterocycles. The quantitative estimate of drug-likeness (QED) is 0.460. The molecule has 0 aliphatic rings. The molecule has 7 nitrogen and oxygen atoms in total. The Hall–Kier alpha value is -1.63. The maximum Gasteiger partial charge on any atom is 0.326 e. The van der Waals surface area contributed by atoms with Crippen LogP contribution in [0, 0.1) is 23.7 Å². The highest BCUT2D eigenvalue weighted by atomic mass is 16.7. The standard InChI is InChI=1S/C17H31NO6/c1-9(2)7-8-12(14(19)20)13(18)16(22)24-17(11(5)6)23-15(21)10(3)4/h9-13,17H,7-8,18H2,1-6H3,(H,19,20)/t12?,13?,17-/m0/s1. The summed E-state index contributed by atoms with van der Waals surface area (Å²) in [4.78, 5) is 35.3. The summed E-state index contributed by atoms with van der Waals surface area (Å²) in [5.74, 6) is -3.88. The Balaban J connectivity index is 4.93. The van der Waals surface area contributed by atoms with E-state index >= 15 is 0 Å². The zero-order valence-electron chi connectivity index (χ0n) is 15.4. The lowest BCUT2D eigenvalue weighted by Gasteiger charge is -2.25. The molecule has 140 valence electrons. The minimum Gasteiger partial charge on any atom is -0.481 e. The van der Waals surface area contributed by atoms with Gasteiger partial charge < -0.3 is 20.3 Å². The fraction of sp³-hybridized carbons (Fsp3) is 0.824. The van der Waals surface area contributed by atoms with E-state index < -0.39 is 36.2 Å². The fourth-order valence-corrected chi connectivity index (χ4v) is 1.87. The second-order valence-corrected chi connectivity index (χ2v) is 7.08. The third kappa shape index (κ3) is 7.77. The van der Waals surface area contributed by atoms with Crippen LogP contribution in [-0.2, 0) is 23.9 Å². The molecule has 0 fully saturated rings. The van der Waals surface area contributed by atoms with E-state index in [1.54, 1.807) is 27.7 Å². The Morgan fingerprint density at radius 1 is 0.917 bits per heavy atom. The van der Waals surface area contributed by atoms with Crippen molar-refractivity contribution in [2.45, 2.75) is 66.7 Å². The summed E-state index contributed by atoms with van der Waals surface area (Å²) >= 11 is 0.